The highest BCUT2D eigenvalue weighted by Gasteiger charge is 2.11. The summed E-state index contributed by atoms with van der Waals surface area (Å²) in [5, 5.41) is 0. The zero-order valence-electron chi connectivity index (χ0n) is 7.36. The van der Waals surface area contributed by atoms with Crippen LogP contribution in [0.3, 0.4) is 0 Å². The quantitative estimate of drug-likeness (QED) is 0.632. The molecular weight excluding hydrogens is 212 g/mol. The van der Waals surface area contributed by atoms with E-state index in [1.54, 1.807) is 11.1 Å². The molecule has 0 nitrogen and oxygen atoms in total. The minimum absolute atomic E-state index is 1.24. The van der Waals surface area contributed by atoms with Crippen molar-refractivity contribution in [3.8, 4) is 0 Å². The Labute approximate surface area is 82.1 Å². The van der Waals surface area contributed by atoms with Gasteiger partial charge in [-0.25, -0.2) is 0 Å². The van der Waals surface area contributed by atoms with E-state index in [0.29, 0.717) is 0 Å². The van der Waals surface area contributed by atoms with Crippen molar-refractivity contribution in [1.29, 1.82) is 0 Å². The molecule has 1 aliphatic carbocycles. The van der Waals surface area contributed by atoms with Gasteiger partial charge in [0.15, 0.2) is 0 Å². The van der Waals surface area contributed by atoms with Gasteiger partial charge in [-0.1, -0.05) is 15.9 Å². The third kappa shape index (κ3) is 1.42. The van der Waals surface area contributed by atoms with Gasteiger partial charge >= 0.3 is 0 Å². The second-order valence-electron chi connectivity index (χ2n) is 3.57. The lowest BCUT2D eigenvalue weighted by Gasteiger charge is -2.18. The third-order valence-electron chi connectivity index (χ3n) is 2.65. The summed E-state index contributed by atoms with van der Waals surface area (Å²) >= 11 is 3.54. The molecule has 2 rings (SSSR count). The number of rotatable bonds is 0. The van der Waals surface area contributed by atoms with Crippen LogP contribution in [-0.2, 0) is 12.8 Å². The average molecular weight is 225 g/mol. The molecular formula is C11H13Br. The molecule has 1 aliphatic rings. The maximum Gasteiger partial charge on any atom is 0.0180 e. The molecule has 0 spiro atoms. The molecule has 0 saturated heterocycles. The Bertz CT molecular complexity index is 302. The molecule has 64 valence electrons. The van der Waals surface area contributed by atoms with Crippen molar-refractivity contribution in [2.75, 3.05) is 0 Å². The Hall–Kier alpha value is -0.300. The topological polar surface area (TPSA) is 0 Å². The SMILES string of the molecule is Cc1cc(Br)cc2c1CCCC2. The third-order valence-corrected chi connectivity index (χ3v) is 3.11. The smallest absolute Gasteiger partial charge is 0.0180 e. The molecule has 0 saturated carbocycles. The van der Waals surface area contributed by atoms with Crippen LogP contribution in [0.5, 0.6) is 0 Å². The number of hydrogen-bond acceptors (Lipinski definition) is 0. The largest absolute Gasteiger partial charge is 0.0508 e. The Morgan fingerprint density at radius 3 is 2.75 bits per heavy atom. The van der Waals surface area contributed by atoms with Crippen molar-refractivity contribution in [3.63, 3.8) is 0 Å². The van der Waals surface area contributed by atoms with Crippen molar-refractivity contribution < 1.29 is 0 Å². The van der Waals surface area contributed by atoms with Crippen LogP contribution in [0.15, 0.2) is 16.6 Å². The van der Waals surface area contributed by atoms with Gasteiger partial charge in [0.2, 0.25) is 0 Å². The first-order valence-electron chi connectivity index (χ1n) is 4.55. The van der Waals surface area contributed by atoms with Gasteiger partial charge in [-0.05, 0) is 61.4 Å². The minimum Gasteiger partial charge on any atom is -0.0508 e. The molecule has 12 heavy (non-hydrogen) atoms. The van der Waals surface area contributed by atoms with Crippen molar-refractivity contribution >= 4 is 15.9 Å². The van der Waals surface area contributed by atoms with Gasteiger partial charge in [-0.15, -0.1) is 0 Å². The van der Waals surface area contributed by atoms with Gasteiger partial charge < -0.3 is 0 Å². The molecule has 1 aromatic rings. The van der Waals surface area contributed by atoms with Crippen LogP contribution in [0.2, 0.25) is 0 Å². The normalized spacial score (nSPS) is 15.8. The van der Waals surface area contributed by atoms with Gasteiger partial charge in [0.05, 0.1) is 0 Å². The molecule has 0 bridgehead atoms. The second kappa shape index (κ2) is 3.21. The van der Waals surface area contributed by atoms with Gasteiger partial charge in [0.25, 0.3) is 0 Å². The predicted octanol–water partition coefficient (Wildman–Crippen LogP) is 3.64. The summed E-state index contributed by atoms with van der Waals surface area (Å²) in [6.45, 7) is 2.22. The molecule has 0 aromatic heterocycles. The first kappa shape index (κ1) is 8.31. The first-order chi connectivity index (χ1) is 5.77. The number of halogens is 1. The number of fused-ring (bicyclic) bond motifs is 1. The first-order valence-corrected chi connectivity index (χ1v) is 5.34. The van der Waals surface area contributed by atoms with E-state index in [9.17, 15) is 0 Å². The van der Waals surface area contributed by atoms with Crippen LogP contribution in [0.1, 0.15) is 29.5 Å². The fourth-order valence-corrected chi connectivity index (χ4v) is 2.66. The lowest BCUT2D eigenvalue weighted by molar-refractivity contribution is 0.681. The van der Waals surface area contributed by atoms with Crippen molar-refractivity contribution in [2.45, 2.75) is 32.6 Å². The average Bonchev–Trinajstić information content (AvgIpc) is 2.04. The van der Waals surface area contributed by atoms with Gasteiger partial charge in [0, 0.05) is 4.47 Å². The van der Waals surface area contributed by atoms with E-state index < -0.39 is 0 Å². The molecule has 0 radical (unpaired) electrons. The van der Waals surface area contributed by atoms with E-state index in [0.717, 1.165) is 0 Å². The van der Waals surface area contributed by atoms with Crippen molar-refractivity contribution in [3.05, 3.63) is 33.3 Å². The van der Waals surface area contributed by atoms with Gasteiger partial charge in [-0.3, -0.25) is 0 Å². The number of hydrogen-bond donors (Lipinski definition) is 0. The second-order valence-corrected chi connectivity index (χ2v) is 4.48. The molecule has 0 atom stereocenters. The van der Waals surface area contributed by atoms with Crippen LogP contribution in [-0.4, -0.2) is 0 Å². The Kier molecular flexibility index (Phi) is 2.22. The van der Waals surface area contributed by atoms with E-state index in [1.807, 2.05) is 0 Å². The molecule has 0 N–H and O–H groups in total. The highest BCUT2D eigenvalue weighted by atomic mass is 79.9. The Balaban J connectivity index is 2.53. The number of aryl methyl sites for hydroxylation is 2. The predicted molar refractivity (Wildman–Crippen MR) is 55.5 cm³/mol. The fourth-order valence-electron chi connectivity index (χ4n) is 2.04. The van der Waals surface area contributed by atoms with Crippen LogP contribution < -0.4 is 0 Å². The highest BCUT2D eigenvalue weighted by molar-refractivity contribution is 9.10. The molecule has 1 aromatic carbocycles. The van der Waals surface area contributed by atoms with Crippen LogP contribution in [0.4, 0.5) is 0 Å². The molecule has 0 fully saturated rings. The summed E-state index contributed by atoms with van der Waals surface area (Å²) in [6.07, 6.45) is 5.29. The van der Waals surface area contributed by atoms with Crippen molar-refractivity contribution in [1.82, 2.24) is 0 Å². The molecule has 0 heterocycles. The Morgan fingerprint density at radius 1 is 1.17 bits per heavy atom. The molecule has 0 unspecified atom stereocenters. The van der Waals surface area contributed by atoms with Crippen molar-refractivity contribution in [2.24, 2.45) is 0 Å². The van der Waals surface area contributed by atoms with E-state index in [2.05, 4.69) is 35.0 Å². The number of benzene rings is 1. The van der Waals surface area contributed by atoms with Gasteiger partial charge in [-0.2, -0.15) is 0 Å². The summed E-state index contributed by atoms with van der Waals surface area (Å²) in [5.74, 6) is 0. The van der Waals surface area contributed by atoms with E-state index in [-0.39, 0.29) is 0 Å². The standard InChI is InChI=1S/C11H13Br/c1-8-6-10(12)7-9-4-2-3-5-11(8)9/h6-7H,2-5H2,1H3. The fraction of sp³-hybridized carbons (Fsp3) is 0.455. The summed E-state index contributed by atoms with van der Waals surface area (Å²) in [4.78, 5) is 0. The summed E-state index contributed by atoms with van der Waals surface area (Å²) in [5.41, 5.74) is 4.62. The maximum atomic E-state index is 3.54. The molecule has 1 heteroatoms. The summed E-state index contributed by atoms with van der Waals surface area (Å²) in [6, 6.07) is 4.51. The highest BCUT2D eigenvalue weighted by Crippen LogP contribution is 2.27. The molecule has 0 aliphatic heterocycles. The molecule has 0 amide bonds. The lowest BCUT2D eigenvalue weighted by atomic mass is 9.89. The minimum atomic E-state index is 1.24. The van der Waals surface area contributed by atoms with E-state index in [1.165, 1.54) is 35.7 Å². The van der Waals surface area contributed by atoms with Crippen LogP contribution >= 0.6 is 15.9 Å². The summed E-state index contributed by atoms with van der Waals surface area (Å²) < 4.78 is 1.24. The van der Waals surface area contributed by atoms with E-state index in [4.69, 9.17) is 0 Å². The zero-order chi connectivity index (χ0) is 8.55. The van der Waals surface area contributed by atoms with Gasteiger partial charge in [0.1, 0.15) is 0 Å². The van der Waals surface area contributed by atoms with Crippen LogP contribution in [0.25, 0.3) is 0 Å². The van der Waals surface area contributed by atoms with E-state index >= 15 is 0 Å². The maximum absolute atomic E-state index is 3.54. The zero-order valence-corrected chi connectivity index (χ0v) is 8.95. The lowest BCUT2D eigenvalue weighted by Crippen LogP contribution is -2.04. The summed E-state index contributed by atoms with van der Waals surface area (Å²) in [7, 11) is 0. The van der Waals surface area contributed by atoms with Crippen LogP contribution in [0, 0.1) is 6.92 Å². The monoisotopic (exact) mass is 224 g/mol. The Morgan fingerprint density at radius 2 is 1.92 bits per heavy atom.